The Morgan fingerprint density at radius 3 is 3.00 bits per heavy atom. The molecule has 1 aliphatic heterocycles. The highest BCUT2D eigenvalue weighted by Gasteiger charge is 1.90. The fourth-order valence-electron chi connectivity index (χ4n) is 0.372. The monoisotopic (exact) mass is 98.0 g/mol. The number of aliphatic imine (C=N–C) groups is 1. The molecule has 0 spiro atoms. The van der Waals surface area contributed by atoms with Crippen molar-refractivity contribution >= 4 is 6.34 Å². The summed E-state index contributed by atoms with van der Waals surface area (Å²) in [5, 5.41) is 11.3. The standard InChI is InChI=1S/C4H6N2O/c7-4-1-5-3-6-2-4/h1,3,7H,2H2,(H,5,6). The zero-order chi connectivity index (χ0) is 5.11. The topological polar surface area (TPSA) is 44.6 Å². The van der Waals surface area contributed by atoms with Gasteiger partial charge in [0.15, 0.2) is 0 Å². The van der Waals surface area contributed by atoms with Crippen LogP contribution in [-0.2, 0) is 0 Å². The smallest absolute Gasteiger partial charge is 0.130 e. The van der Waals surface area contributed by atoms with Crippen LogP contribution in [0, 0.1) is 0 Å². The van der Waals surface area contributed by atoms with Crippen LogP contribution in [0.5, 0.6) is 0 Å². The van der Waals surface area contributed by atoms with Crippen LogP contribution in [-0.4, -0.2) is 18.0 Å². The zero-order valence-corrected chi connectivity index (χ0v) is 3.76. The van der Waals surface area contributed by atoms with Gasteiger partial charge in [0.05, 0.1) is 19.1 Å². The Bertz CT molecular complexity index is 117. The van der Waals surface area contributed by atoms with Gasteiger partial charge in [-0.05, 0) is 0 Å². The summed E-state index contributed by atoms with van der Waals surface area (Å²) >= 11 is 0. The Balaban J connectivity index is 2.57. The van der Waals surface area contributed by atoms with Crippen LogP contribution >= 0.6 is 0 Å². The van der Waals surface area contributed by atoms with Crippen molar-refractivity contribution in [1.82, 2.24) is 5.32 Å². The molecule has 0 saturated carbocycles. The van der Waals surface area contributed by atoms with Crippen LogP contribution in [0.4, 0.5) is 0 Å². The Morgan fingerprint density at radius 2 is 2.71 bits per heavy atom. The first kappa shape index (κ1) is 4.18. The van der Waals surface area contributed by atoms with Crippen LogP contribution in [0.3, 0.4) is 0 Å². The maximum Gasteiger partial charge on any atom is 0.130 e. The molecule has 0 aromatic heterocycles. The minimum Gasteiger partial charge on any atom is -0.509 e. The first-order valence-corrected chi connectivity index (χ1v) is 2.02. The lowest BCUT2D eigenvalue weighted by atomic mass is 10.5. The highest BCUT2D eigenvalue weighted by molar-refractivity contribution is 5.56. The molecule has 7 heavy (non-hydrogen) atoms. The number of nitrogens with zero attached hydrogens (tertiary/aromatic N) is 1. The third kappa shape index (κ3) is 0.924. The molecular weight excluding hydrogens is 92.1 g/mol. The largest absolute Gasteiger partial charge is 0.509 e. The summed E-state index contributed by atoms with van der Waals surface area (Å²) in [5.74, 6) is 0.280. The van der Waals surface area contributed by atoms with E-state index in [4.69, 9.17) is 5.11 Å². The van der Waals surface area contributed by atoms with E-state index in [1.165, 1.54) is 6.20 Å². The lowest BCUT2D eigenvalue weighted by molar-refractivity contribution is 0.394. The molecule has 0 aliphatic carbocycles. The minimum absolute atomic E-state index is 0.280. The summed E-state index contributed by atoms with van der Waals surface area (Å²) in [6.45, 7) is 0.503. The molecule has 0 fully saturated rings. The van der Waals surface area contributed by atoms with E-state index in [2.05, 4.69) is 10.3 Å². The average Bonchev–Trinajstić information content (AvgIpc) is 1.69. The highest BCUT2D eigenvalue weighted by Crippen LogP contribution is 1.87. The molecule has 1 aliphatic rings. The minimum atomic E-state index is 0.280. The molecule has 1 rings (SSSR count). The molecule has 0 amide bonds. The maximum absolute atomic E-state index is 8.59. The first-order chi connectivity index (χ1) is 3.39. The fourth-order valence-corrected chi connectivity index (χ4v) is 0.372. The second-order valence-corrected chi connectivity index (χ2v) is 1.28. The van der Waals surface area contributed by atoms with Crippen LogP contribution in [0.2, 0.25) is 0 Å². The summed E-state index contributed by atoms with van der Waals surface area (Å²) in [6.07, 6.45) is 2.95. The van der Waals surface area contributed by atoms with Gasteiger partial charge in [0.25, 0.3) is 0 Å². The van der Waals surface area contributed by atoms with Crippen molar-refractivity contribution in [3.05, 3.63) is 12.0 Å². The summed E-state index contributed by atoms with van der Waals surface area (Å²) in [6, 6.07) is 0. The summed E-state index contributed by atoms with van der Waals surface area (Å²) in [4.78, 5) is 3.61. The first-order valence-electron chi connectivity index (χ1n) is 2.02. The van der Waals surface area contributed by atoms with Crippen molar-refractivity contribution in [3.63, 3.8) is 0 Å². The molecule has 0 atom stereocenters. The third-order valence-corrected chi connectivity index (χ3v) is 0.673. The number of rotatable bonds is 0. The third-order valence-electron chi connectivity index (χ3n) is 0.673. The van der Waals surface area contributed by atoms with Gasteiger partial charge in [-0.2, -0.15) is 0 Å². The lowest BCUT2D eigenvalue weighted by Crippen LogP contribution is -2.17. The predicted octanol–water partition coefficient (Wildman–Crippen LogP) is 0.0173. The Hall–Kier alpha value is -0.990. The number of aliphatic hydroxyl groups excluding tert-OH is 1. The van der Waals surface area contributed by atoms with Gasteiger partial charge in [-0.25, -0.2) is 4.99 Å². The number of aliphatic hydroxyl groups is 1. The van der Waals surface area contributed by atoms with Crippen LogP contribution in [0.1, 0.15) is 0 Å². The second-order valence-electron chi connectivity index (χ2n) is 1.28. The van der Waals surface area contributed by atoms with E-state index in [1.54, 1.807) is 6.34 Å². The van der Waals surface area contributed by atoms with E-state index in [0.29, 0.717) is 6.54 Å². The van der Waals surface area contributed by atoms with Gasteiger partial charge in [-0.3, -0.25) is 0 Å². The van der Waals surface area contributed by atoms with Gasteiger partial charge in [0.2, 0.25) is 0 Å². The molecule has 2 N–H and O–H groups in total. The van der Waals surface area contributed by atoms with Crippen LogP contribution in [0.15, 0.2) is 17.0 Å². The van der Waals surface area contributed by atoms with Crippen molar-refractivity contribution in [2.24, 2.45) is 4.99 Å². The van der Waals surface area contributed by atoms with Crippen LogP contribution < -0.4 is 5.32 Å². The molecule has 1 heterocycles. The predicted molar refractivity (Wildman–Crippen MR) is 27.2 cm³/mol. The van der Waals surface area contributed by atoms with Gasteiger partial charge in [0.1, 0.15) is 5.76 Å². The van der Waals surface area contributed by atoms with E-state index in [0.717, 1.165) is 0 Å². The van der Waals surface area contributed by atoms with Gasteiger partial charge in [-0.15, -0.1) is 0 Å². The number of hydrogen-bond acceptors (Lipinski definition) is 3. The molecule has 0 radical (unpaired) electrons. The molecule has 3 heteroatoms. The van der Waals surface area contributed by atoms with Gasteiger partial charge in [-0.1, -0.05) is 0 Å². The molecule has 38 valence electrons. The molecule has 0 aromatic carbocycles. The van der Waals surface area contributed by atoms with Gasteiger partial charge >= 0.3 is 0 Å². The lowest BCUT2D eigenvalue weighted by Gasteiger charge is -2.00. The maximum atomic E-state index is 8.59. The molecule has 3 nitrogen and oxygen atoms in total. The number of nitrogens with one attached hydrogen (secondary N) is 1. The van der Waals surface area contributed by atoms with Gasteiger partial charge in [0, 0.05) is 0 Å². The Labute approximate surface area is 41.4 Å². The molecular formula is C4H6N2O. The van der Waals surface area contributed by atoms with E-state index >= 15 is 0 Å². The molecule has 0 unspecified atom stereocenters. The van der Waals surface area contributed by atoms with Crippen molar-refractivity contribution in [1.29, 1.82) is 0 Å². The average molecular weight is 98.1 g/mol. The molecule has 0 aromatic rings. The Morgan fingerprint density at radius 1 is 1.86 bits per heavy atom. The summed E-state index contributed by atoms with van der Waals surface area (Å²) < 4.78 is 0. The quantitative estimate of drug-likeness (QED) is 0.448. The highest BCUT2D eigenvalue weighted by atomic mass is 16.3. The summed E-state index contributed by atoms with van der Waals surface area (Å²) in [5.41, 5.74) is 0. The molecule has 0 saturated heterocycles. The fraction of sp³-hybridized carbons (Fsp3) is 0.250. The second kappa shape index (κ2) is 1.64. The van der Waals surface area contributed by atoms with E-state index < -0.39 is 0 Å². The summed E-state index contributed by atoms with van der Waals surface area (Å²) in [7, 11) is 0. The van der Waals surface area contributed by atoms with Crippen LogP contribution in [0.25, 0.3) is 0 Å². The zero-order valence-electron chi connectivity index (χ0n) is 3.76. The molecule has 0 bridgehead atoms. The van der Waals surface area contributed by atoms with E-state index in [9.17, 15) is 0 Å². The number of hydrogen-bond donors (Lipinski definition) is 2. The van der Waals surface area contributed by atoms with Crippen molar-refractivity contribution in [3.8, 4) is 0 Å². The van der Waals surface area contributed by atoms with Crippen molar-refractivity contribution in [2.45, 2.75) is 0 Å². The van der Waals surface area contributed by atoms with Gasteiger partial charge < -0.3 is 10.4 Å². The Kier molecular flexibility index (Phi) is 0.978. The van der Waals surface area contributed by atoms with E-state index in [-0.39, 0.29) is 5.76 Å². The normalized spacial score (nSPS) is 18.0. The van der Waals surface area contributed by atoms with Crippen molar-refractivity contribution in [2.75, 3.05) is 6.54 Å². The van der Waals surface area contributed by atoms with Crippen molar-refractivity contribution < 1.29 is 5.11 Å². The van der Waals surface area contributed by atoms with E-state index in [1.807, 2.05) is 0 Å². The SMILES string of the molecule is OC1=CN=CNC1.